The van der Waals surface area contributed by atoms with E-state index in [0.29, 0.717) is 0 Å². The molecule has 0 amide bonds. The lowest BCUT2D eigenvalue weighted by Gasteiger charge is -2.17. The van der Waals surface area contributed by atoms with E-state index in [9.17, 15) is 0 Å². The van der Waals surface area contributed by atoms with Crippen LogP contribution in [0.3, 0.4) is 0 Å². The molecule has 0 aliphatic carbocycles. The van der Waals surface area contributed by atoms with Gasteiger partial charge in [0.2, 0.25) is 0 Å². The average Bonchev–Trinajstić information content (AvgIpc) is 2.97. The second-order valence-corrected chi connectivity index (χ2v) is 6.50. The van der Waals surface area contributed by atoms with Gasteiger partial charge in [0.15, 0.2) is 5.75 Å². The first-order valence-corrected chi connectivity index (χ1v) is 7.46. The molecule has 5 nitrogen and oxygen atoms in total. The fourth-order valence-electron chi connectivity index (χ4n) is 1.89. The average molecular weight is 378 g/mol. The van der Waals surface area contributed by atoms with Gasteiger partial charge in [-0.05, 0) is 46.5 Å². The van der Waals surface area contributed by atoms with Crippen molar-refractivity contribution in [2.45, 2.75) is 19.5 Å². The zero-order valence-corrected chi connectivity index (χ0v) is 13.2. The van der Waals surface area contributed by atoms with Crippen molar-refractivity contribution in [3.05, 3.63) is 31.8 Å². The maximum absolute atomic E-state index is 5.71. The van der Waals surface area contributed by atoms with Crippen molar-refractivity contribution in [2.75, 3.05) is 7.11 Å². The van der Waals surface area contributed by atoms with E-state index in [2.05, 4.69) is 44.6 Å². The highest BCUT2D eigenvalue weighted by molar-refractivity contribution is 14.1. The van der Waals surface area contributed by atoms with E-state index >= 15 is 0 Å². The van der Waals surface area contributed by atoms with Crippen LogP contribution >= 0.6 is 33.9 Å². The van der Waals surface area contributed by atoms with E-state index in [1.54, 1.807) is 24.6 Å². The normalized spacial score (nSPS) is 12.7. The Balaban J connectivity index is 2.46. The second-order valence-electron chi connectivity index (χ2n) is 3.70. The number of methoxy groups -OCH3 is 1. The van der Waals surface area contributed by atoms with Crippen LogP contribution in [0, 0.1) is 2.88 Å². The zero-order chi connectivity index (χ0) is 13.1. The first kappa shape index (κ1) is 13.8. The summed E-state index contributed by atoms with van der Waals surface area (Å²) in [4.78, 5) is 0. The minimum absolute atomic E-state index is 0.109. The van der Waals surface area contributed by atoms with Gasteiger partial charge >= 0.3 is 0 Å². The number of hydrogen-bond donors (Lipinski definition) is 2. The third-order valence-electron chi connectivity index (χ3n) is 2.73. The largest absolute Gasteiger partial charge is 0.493 e. The zero-order valence-electron chi connectivity index (χ0n) is 10.2. The van der Waals surface area contributed by atoms with Crippen LogP contribution in [0.5, 0.6) is 5.75 Å². The molecule has 3 N–H and O–H groups in total. The number of nitrogens with one attached hydrogen (secondary N) is 1. The molecule has 2 aromatic rings. The molecule has 1 unspecified atom stereocenters. The summed E-state index contributed by atoms with van der Waals surface area (Å²) in [5.41, 5.74) is 4.93. The van der Waals surface area contributed by atoms with Crippen molar-refractivity contribution in [3.8, 4) is 5.75 Å². The highest BCUT2D eigenvalue weighted by Gasteiger charge is 2.23. The van der Waals surface area contributed by atoms with Gasteiger partial charge in [-0.2, -0.15) is 5.10 Å². The number of hydrazine groups is 1. The molecule has 0 spiro atoms. The summed E-state index contributed by atoms with van der Waals surface area (Å²) in [6.45, 7) is 2.82. The lowest BCUT2D eigenvalue weighted by atomic mass is 10.1. The second kappa shape index (κ2) is 6.00. The predicted molar refractivity (Wildman–Crippen MR) is 80.7 cm³/mol. The van der Waals surface area contributed by atoms with Crippen LogP contribution in [0.4, 0.5) is 0 Å². The van der Waals surface area contributed by atoms with Crippen molar-refractivity contribution in [1.82, 2.24) is 15.2 Å². The standard InChI is InChI=1S/C11H15IN4OS/c1-3-16-11(8(17-2)5-14-16)10(15-13)7-4-9(12)18-6-7/h4-6,10,15H,3,13H2,1-2H3. The third-order valence-corrected chi connectivity index (χ3v) is 4.53. The van der Waals surface area contributed by atoms with Crippen LogP contribution in [0.15, 0.2) is 17.6 Å². The summed E-state index contributed by atoms with van der Waals surface area (Å²) in [6.07, 6.45) is 1.72. The fourth-order valence-corrected chi connectivity index (χ4v) is 3.28. The number of nitrogens with zero attached hydrogens (tertiary/aromatic N) is 2. The molecule has 98 valence electrons. The number of thiophene rings is 1. The van der Waals surface area contributed by atoms with Gasteiger partial charge < -0.3 is 4.74 Å². The van der Waals surface area contributed by atoms with Crippen molar-refractivity contribution >= 4 is 33.9 Å². The molecule has 0 bridgehead atoms. The summed E-state index contributed by atoms with van der Waals surface area (Å²) in [5.74, 6) is 6.46. The Morgan fingerprint density at radius 3 is 2.94 bits per heavy atom. The Labute approximate surface area is 123 Å². The van der Waals surface area contributed by atoms with Crippen molar-refractivity contribution < 1.29 is 4.74 Å². The lowest BCUT2D eigenvalue weighted by molar-refractivity contribution is 0.399. The Bertz CT molecular complexity index is 503. The Kier molecular flexibility index (Phi) is 4.60. The fraction of sp³-hybridized carbons (Fsp3) is 0.364. The van der Waals surface area contributed by atoms with Crippen LogP contribution in [0.25, 0.3) is 0 Å². The minimum atomic E-state index is -0.109. The molecule has 7 heteroatoms. The van der Waals surface area contributed by atoms with Gasteiger partial charge in [0, 0.05) is 6.54 Å². The van der Waals surface area contributed by atoms with E-state index in [1.807, 2.05) is 11.6 Å². The molecule has 0 saturated heterocycles. The number of hydrogen-bond acceptors (Lipinski definition) is 5. The molecular formula is C11H15IN4OS. The number of rotatable bonds is 5. The molecule has 0 radical (unpaired) electrons. The van der Waals surface area contributed by atoms with E-state index in [0.717, 1.165) is 23.6 Å². The summed E-state index contributed by atoms with van der Waals surface area (Å²) in [6, 6.07) is 2.00. The number of ether oxygens (including phenoxy) is 1. The van der Waals surface area contributed by atoms with Crippen LogP contribution in [-0.4, -0.2) is 16.9 Å². The predicted octanol–water partition coefficient (Wildman–Crippen LogP) is 2.13. The molecule has 0 saturated carbocycles. The molecule has 0 aromatic carbocycles. The van der Waals surface area contributed by atoms with Gasteiger partial charge in [-0.25, -0.2) is 5.43 Å². The summed E-state index contributed by atoms with van der Waals surface area (Å²) in [7, 11) is 1.64. The van der Waals surface area contributed by atoms with Gasteiger partial charge in [-0.1, -0.05) is 0 Å². The summed E-state index contributed by atoms with van der Waals surface area (Å²) in [5, 5.41) is 6.40. The van der Waals surface area contributed by atoms with Gasteiger partial charge in [-0.15, -0.1) is 11.3 Å². The Hall–Kier alpha value is -0.640. The minimum Gasteiger partial charge on any atom is -0.493 e. The monoisotopic (exact) mass is 378 g/mol. The van der Waals surface area contributed by atoms with Gasteiger partial charge in [0.05, 0.1) is 22.2 Å². The number of aromatic nitrogens is 2. The van der Waals surface area contributed by atoms with Gasteiger partial charge in [-0.3, -0.25) is 10.5 Å². The summed E-state index contributed by atoms with van der Waals surface area (Å²) >= 11 is 3.99. The van der Waals surface area contributed by atoms with Crippen molar-refractivity contribution in [2.24, 2.45) is 5.84 Å². The quantitative estimate of drug-likeness (QED) is 0.475. The van der Waals surface area contributed by atoms with E-state index in [4.69, 9.17) is 10.6 Å². The van der Waals surface area contributed by atoms with Crippen LogP contribution in [0.1, 0.15) is 24.2 Å². The third kappa shape index (κ3) is 2.53. The smallest absolute Gasteiger partial charge is 0.161 e. The highest BCUT2D eigenvalue weighted by atomic mass is 127. The topological polar surface area (TPSA) is 65.1 Å². The maximum Gasteiger partial charge on any atom is 0.161 e. The number of nitrogens with two attached hydrogens (primary N) is 1. The van der Waals surface area contributed by atoms with Crippen LogP contribution in [0.2, 0.25) is 0 Å². The van der Waals surface area contributed by atoms with Crippen molar-refractivity contribution in [1.29, 1.82) is 0 Å². The molecule has 2 rings (SSSR count). The van der Waals surface area contributed by atoms with Crippen LogP contribution in [-0.2, 0) is 6.54 Å². The van der Waals surface area contributed by atoms with Crippen LogP contribution < -0.4 is 16.0 Å². The number of halogens is 1. The van der Waals surface area contributed by atoms with E-state index in [1.165, 1.54) is 2.88 Å². The molecule has 2 heterocycles. The molecule has 1 atom stereocenters. The summed E-state index contributed by atoms with van der Waals surface area (Å²) < 4.78 is 8.48. The first-order valence-electron chi connectivity index (χ1n) is 5.51. The number of aryl methyl sites for hydroxylation is 1. The molecule has 0 aliphatic heterocycles. The van der Waals surface area contributed by atoms with E-state index in [-0.39, 0.29) is 6.04 Å². The van der Waals surface area contributed by atoms with Gasteiger partial charge in [0.1, 0.15) is 5.69 Å². The molecule has 0 aliphatic rings. The van der Waals surface area contributed by atoms with E-state index < -0.39 is 0 Å². The SMILES string of the molecule is CCn1ncc(OC)c1C(NN)c1csc(I)c1. The molecular weight excluding hydrogens is 363 g/mol. The lowest BCUT2D eigenvalue weighted by Crippen LogP contribution is -2.30. The molecule has 0 fully saturated rings. The highest BCUT2D eigenvalue weighted by Crippen LogP contribution is 2.32. The molecule has 18 heavy (non-hydrogen) atoms. The van der Waals surface area contributed by atoms with Crippen molar-refractivity contribution in [3.63, 3.8) is 0 Å². The molecule has 2 aromatic heterocycles. The Morgan fingerprint density at radius 1 is 1.67 bits per heavy atom. The maximum atomic E-state index is 5.71. The Morgan fingerprint density at radius 2 is 2.44 bits per heavy atom. The first-order chi connectivity index (χ1) is 8.71. The van der Waals surface area contributed by atoms with Gasteiger partial charge in [0.25, 0.3) is 0 Å².